The molecule has 7 rings (SSSR count). The van der Waals surface area contributed by atoms with E-state index in [4.69, 9.17) is 0 Å². The lowest BCUT2D eigenvalue weighted by atomic mass is 9.71. The van der Waals surface area contributed by atoms with Crippen molar-refractivity contribution in [1.82, 2.24) is 0 Å². The molecule has 3 aromatic heterocycles. The molecule has 0 radical (unpaired) electrons. The largest absolute Gasteiger partial charge is 0.212 e. The fraction of sp³-hybridized carbons (Fsp3) is 0.184. The molecule has 0 aliphatic carbocycles. The van der Waals surface area contributed by atoms with E-state index in [9.17, 15) is 0 Å². The van der Waals surface area contributed by atoms with Crippen LogP contribution in [0.4, 0.5) is 0 Å². The van der Waals surface area contributed by atoms with Gasteiger partial charge in [0.2, 0.25) is 5.69 Å². The van der Waals surface area contributed by atoms with E-state index in [0.717, 1.165) is 19.4 Å². The monoisotopic (exact) mass is 568 g/mol. The summed E-state index contributed by atoms with van der Waals surface area (Å²) < 4.78 is 2.45. The number of benzene rings is 3. The molecule has 3 aromatic carbocycles. The second-order valence-electron chi connectivity index (χ2n) is 11.1. The van der Waals surface area contributed by atoms with Crippen molar-refractivity contribution in [3.8, 4) is 54.4 Å². The molecule has 4 heterocycles. The summed E-state index contributed by atoms with van der Waals surface area (Å²) in [5.74, 6) is 0. The molecular formula is C38H34NS2+. The number of hydrogen-bond donors (Lipinski definition) is 0. The lowest BCUT2D eigenvalue weighted by Gasteiger charge is -2.31. The van der Waals surface area contributed by atoms with Gasteiger partial charge < -0.3 is 0 Å². The Labute approximate surface area is 251 Å². The Balaban J connectivity index is 1.36. The average molecular weight is 569 g/mol. The van der Waals surface area contributed by atoms with E-state index in [1.165, 1.54) is 66.4 Å². The standard InChI is InChI=1S/C38H34NS2/c1-3-38(4-2)17-19-39-18-6-5-12-35(39)33-26-29(15-16-34(33)38)27-10-7-11-28(22-27)30-23-31(36-13-8-20-40-36)25-32(24-30)37-14-9-21-41-37/h5-16,18,20-26H,3-4,17,19H2,1-2H3/q+1. The maximum absolute atomic E-state index is 2.45. The minimum absolute atomic E-state index is 0.210. The number of pyridine rings is 1. The molecule has 202 valence electrons. The first-order valence-corrected chi connectivity index (χ1v) is 16.4. The van der Waals surface area contributed by atoms with Crippen LogP contribution < -0.4 is 4.57 Å². The predicted molar refractivity (Wildman–Crippen MR) is 176 cm³/mol. The van der Waals surface area contributed by atoms with Crippen LogP contribution in [0.2, 0.25) is 0 Å². The SMILES string of the molecule is CCC1(CC)CC[n+]2ccccc2-c2cc(-c3cccc(-c4cc(-c5cccs5)cc(-c5cccs5)c4)c3)ccc21. The molecule has 41 heavy (non-hydrogen) atoms. The van der Waals surface area contributed by atoms with Crippen LogP contribution in [0.3, 0.4) is 0 Å². The third-order valence-electron chi connectivity index (χ3n) is 9.07. The highest BCUT2D eigenvalue weighted by molar-refractivity contribution is 7.14. The fourth-order valence-electron chi connectivity index (χ4n) is 6.61. The Morgan fingerprint density at radius 2 is 1.24 bits per heavy atom. The summed E-state index contributed by atoms with van der Waals surface area (Å²) in [5, 5.41) is 4.32. The smallest absolute Gasteiger partial charge is 0.198 e. The van der Waals surface area contributed by atoms with E-state index in [1.54, 1.807) is 22.7 Å². The summed E-state index contributed by atoms with van der Waals surface area (Å²) in [4.78, 5) is 2.61. The molecule has 1 aliphatic rings. The van der Waals surface area contributed by atoms with Gasteiger partial charge in [-0.1, -0.05) is 56.3 Å². The number of hydrogen-bond acceptors (Lipinski definition) is 2. The summed E-state index contributed by atoms with van der Waals surface area (Å²) >= 11 is 3.60. The van der Waals surface area contributed by atoms with Gasteiger partial charge in [0.05, 0.1) is 5.56 Å². The first kappa shape index (κ1) is 26.1. The van der Waals surface area contributed by atoms with Crippen molar-refractivity contribution in [1.29, 1.82) is 0 Å². The van der Waals surface area contributed by atoms with Crippen LogP contribution in [0.5, 0.6) is 0 Å². The predicted octanol–water partition coefficient (Wildman–Crippen LogP) is 10.9. The van der Waals surface area contributed by atoms with Gasteiger partial charge in [-0.3, -0.25) is 0 Å². The van der Waals surface area contributed by atoms with E-state index >= 15 is 0 Å². The highest BCUT2D eigenvalue weighted by Gasteiger charge is 2.37. The van der Waals surface area contributed by atoms with Gasteiger partial charge in [0, 0.05) is 33.7 Å². The van der Waals surface area contributed by atoms with E-state index in [-0.39, 0.29) is 5.41 Å². The zero-order valence-electron chi connectivity index (χ0n) is 23.6. The molecule has 0 saturated carbocycles. The maximum atomic E-state index is 2.45. The molecule has 0 bridgehead atoms. The van der Waals surface area contributed by atoms with Gasteiger partial charge in [0.1, 0.15) is 6.54 Å². The van der Waals surface area contributed by atoms with E-state index in [0.29, 0.717) is 0 Å². The number of fused-ring (bicyclic) bond motifs is 3. The fourth-order valence-corrected chi connectivity index (χ4v) is 8.04. The van der Waals surface area contributed by atoms with Crippen molar-refractivity contribution in [3.05, 3.63) is 126 Å². The Hall–Kier alpha value is -3.79. The lowest BCUT2D eigenvalue weighted by Crippen LogP contribution is -2.36. The molecule has 1 aliphatic heterocycles. The van der Waals surface area contributed by atoms with Crippen LogP contribution >= 0.6 is 22.7 Å². The zero-order valence-corrected chi connectivity index (χ0v) is 25.3. The quantitative estimate of drug-likeness (QED) is 0.176. The summed E-state index contributed by atoms with van der Waals surface area (Å²) in [6.07, 6.45) is 5.75. The zero-order chi connectivity index (χ0) is 27.8. The molecule has 3 heteroatoms. The van der Waals surface area contributed by atoms with Crippen molar-refractivity contribution in [2.75, 3.05) is 0 Å². The maximum Gasteiger partial charge on any atom is 0.212 e. The molecule has 0 N–H and O–H groups in total. The second kappa shape index (κ2) is 10.9. The van der Waals surface area contributed by atoms with Crippen LogP contribution in [-0.4, -0.2) is 0 Å². The van der Waals surface area contributed by atoms with Gasteiger partial charge in [0.15, 0.2) is 6.20 Å². The van der Waals surface area contributed by atoms with Crippen molar-refractivity contribution in [2.45, 2.75) is 45.1 Å². The minimum atomic E-state index is 0.210. The lowest BCUT2D eigenvalue weighted by molar-refractivity contribution is -0.687. The molecule has 0 atom stereocenters. The second-order valence-corrected chi connectivity index (χ2v) is 13.0. The molecule has 0 amide bonds. The van der Waals surface area contributed by atoms with Crippen LogP contribution in [-0.2, 0) is 12.0 Å². The summed E-state index contributed by atoms with van der Waals surface area (Å²) in [6.45, 7) is 5.78. The van der Waals surface area contributed by atoms with Crippen molar-refractivity contribution >= 4 is 22.7 Å². The Morgan fingerprint density at radius 1 is 0.610 bits per heavy atom. The van der Waals surface area contributed by atoms with Gasteiger partial charge in [-0.05, 0) is 111 Å². The van der Waals surface area contributed by atoms with Crippen molar-refractivity contribution in [2.24, 2.45) is 0 Å². The Morgan fingerprint density at radius 3 is 1.90 bits per heavy atom. The van der Waals surface area contributed by atoms with Crippen LogP contribution in [0.25, 0.3) is 54.4 Å². The minimum Gasteiger partial charge on any atom is -0.198 e. The highest BCUT2D eigenvalue weighted by Crippen LogP contribution is 2.44. The average Bonchev–Trinajstić information content (AvgIpc) is 3.76. The van der Waals surface area contributed by atoms with Gasteiger partial charge in [-0.2, -0.15) is 4.57 Å². The number of rotatable bonds is 6. The first-order chi connectivity index (χ1) is 20.2. The highest BCUT2D eigenvalue weighted by atomic mass is 32.1. The number of thiophene rings is 2. The normalized spacial score (nSPS) is 13.8. The number of nitrogens with zero attached hydrogens (tertiary/aromatic N) is 1. The third-order valence-corrected chi connectivity index (χ3v) is 10.9. The van der Waals surface area contributed by atoms with Crippen molar-refractivity contribution < 1.29 is 4.57 Å². The van der Waals surface area contributed by atoms with E-state index in [1.807, 2.05) is 0 Å². The van der Waals surface area contributed by atoms with Crippen LogP contribution in [0, 0.1) is 0 Å². The third kappa shape index (κ3) is 4.77. The molecule has 1 nitrogen and oxygen atoms in total. The summed E-state index contributed by atoms with van der Waals surface area (Å²) in [5.41, 5.74) is 12.0. The summed E-state index contributed by atoms with van der Waals surface area (Å²) in [6, 6.07) is 38.7. The Kier molecular flexibility index (Phi) is 6.94. The van der Waals surface area contributed by atoms with Gasteiger partial charge in [-0.25, -0.2) is 0 Å². The molecular weight excluding hydrogens is 535 g/mol. The molecule has 0 fully saturated rings. The van der Waals surface area contributed by atoms with E-state index in [2.05, 4.69) is 138 Å². The number of aromatic nitrogens is 1. The van der Waals surface area contributed by atoms with E-state index < -0.39 is 0 Å². The van der Waals surface area contributed by atoms with Gasteiger partial charge in [0.25, 0.3) is 0 Å². The topological polar surface area (TPSA) is 3.88 Å². The number of aryl methyl sites for hydroxylation is 1. The van der Waals surface area contributed by atoms with Crippen molar-refractivity contribution in [3.63, 3.8) is 0 Å². The molecule has 0 unspecified atom stereocenters. The Bertz CT molecular complexity index is 1760. The molecule has 6 aromatic rings. The van der Waals surface area contributed by atoms with Crippen LogP contribution in [0.1, 0.15) is 38.7 Å². The molecule has 0 spiro atoms. The first-order valence-electron chi connectivity index (χ1n) is 14.6. The van der Waals surface area contributed by atoms with Crippen LogP contribution in [0.15, 0.2) is 120 Å². The summed E-state index contributed by atoms with van der Waals surface area (Å²) in [7, 11) is 0. The van der Waals surface area contributed by atoms with Gasteiger partial charge >= 0.3 is 0 Å². The molecule has 0 saturated heterocycles. The van der Waals surface area contributed by atoms with Gasteiger partial charge in [-0.15, -0.1) is 22.7 Å².